The maximum Gasteiger partial charge on any atom is 0.308 e. The van der Waals surface area contributed by atoms with E-state index in [2.05, 4.69) is 20.6 Å². The number of nitrogens with zero attached hydrogens (tertiary/aromatic N) is 3. The summed E-state index contributed by atoms with van der Waals surface area (Å²) in [5, 5.41) is 7.88. The second-order valence-corrected chi connectivity index (χ2v) is 10.8. The molecule has 2 amide bonds. The van der Waals surface area contributed by atoms with Gasteiger partial charge in [0.15, 0.2) is 11.0 Å². The van der Waals surface area contributed by atoms with Gasteiger partial charge < -0.3 is 20.3 Å². The summed E-state index contributed by atoms with van der Waals surface area (Å²) in [6, 6.07) is 21.0. The number of ether oxygens (including phenoxy) is 1. The number of benzene rings is 3. The van der Waals surface area contributed by atoms with Crippen molar-refractivity contribution in [2.75, 3.05) is 23.8 Å². The Labute approximate surface area is 249 Å². The molecule has 1 aliphatic carbocycles. The highest BCUT2D eigenvalue weighted by molar-refractivity contribution is 6.31. The van der Waals surface area contributed by atoms with Crippen molar-refractivity contribution in [3.05, 3.63) is 88.8 Å². The van der Waals surface area contributed by atoms with Crippen LogP contribution in [0.25, 0.3) is 10.8 Å². The summed E-state index contributed by atoms with van der Waals surface area (Å²) in [4.78, 5) is 48.0. The van der Waals surface area contributed by atoms with Gasteiger partial charge in [-0.2, -0.15) is 0 Å². The smallest absolute Gasteiger partial charge is 0.308 e. The zero-order chi connectivity index (χ0) is 29.6. The molecule has 1 aliphatic rings. The van der Waals surface area contributed by atoms with Crippen LogP contribution in [0.4, 0.5) is 11.5 Å². The number of fused-ring (bicyclic) bond motifs is 1. The van der Waals surface area contributed by atoms with Gasteiger partial charge in [0.25, 0.3) is 5.91 Å². The molecule has 1 aromatic heterocycles. The van der Waals surface area contributed by atoms with Gasteiger partial charge in [-0.3, -0.25) is 14.4 Å². The Hall–Kier alpha value is -4.50. The molecule has 5 rings (SSSR count). The van der Waals surface area contributed by atoms with E-state index in [1.165, 1.54) is 6.92 Å². The number of rotatable bonds is 9. The van der Waals surface area contributed by atoms with Crippen LogP contribution in [-0.4, -0.2) is 47.4 Å². The Bertz CT molecular complexity index is 1610. The number of amides is 2. The van der Waals surface area contributed by atoms with Crippen LogP contribution in [-0.2, 0) is 16.0 Å². The summed E-state index contributed by atoms with van der Waals surface area (Å²) < 4.78 is 5.32. The van der Waals surface area contributed by atoms with Gasteiger partial charge in [0.05, 0.1) is 6.54 Å². The van der Waals surface area contributed by atoms with Crippen LogP contribution >= 0.6 is 11.6 Å². The molecule has 0 radical (unpaired) electrons. The van der Waals surface area contributed by atoms with Gasteiger partial charge in [0.2, 0.25) is 11.7 Å². The minimum Gasteiger partial charge on any atom is -0.419 e. The van der Waals surface area contributed by atoms with E-state index in [1.54, 1.807) is 18.0 Å². The fraction of sp³-hybridized carbons (Fsp3) is 0.281. The van der Waals surface area contributed by atoms with Crippen LogP contribution in [0.2, 0.25) is 5.15 Å². The lowest BCUT2D eigenvalue weighted by atomic mass is 10.0. The first kappa shape index (κ1) is 29.0. The van der Waals surface area contributed by atoms with Crippen molar-refractivity contribution in [2.24, 2.45) is 0 Å². The van der Waals surface area contributed by atoms with E-state index in [9.17, 15) is 14.4 Å². The maximum atomic E-state index is 13.0. The number of hydrogen-bond donors (Lipinski definition) is 2. The highest BCUT2D eigenvalue weighted by Crippen LogP contribution is 2.33. The zero-order valence-corrected chi connectivity index (χ0v) is 24.3. The van der Waals surface area contributed by atoms with Crippen LogP contribution in [0.3, 0.4) is 0 Å². The molecule has 9 nitrogen and oxygen atoms in total. The molecule has 2 N–H and O–H groups in total. The second-order valence-electron chi connectivity index (χ2n) is 10.4. The van der Waals surface area contributed by atoms with Crippen molar-refractivity contribution in [1.82, 2.24) is 15.3 Å². The predicted molar refractivity (Wildman–Crippen MR) is 163 cm³/mol. The fourth-order valence-electron chi connectivity index (χ4n) is 5.17. The van der Waals surface area contributed by atoms with Gasteiger partial charge in [-0.05, 0) is 47.4 Å². The third-order valence-corrected chi connectivity index (χ3v) is 7.43. The summed E-state index contributed by atoms with van der Waals surface area (Å²) in [5.74, 6) is -0.256. The highest BCUT2D eigenvalue weighted by Gasteiger charge is 2.23. The number of carbonyl (C=O) groups is 3. The molecule has 4 aromatic rings. The Kier molecular flexibility index (Phi) is 8.97. The second kappa shape index (κ2) is 13.0. The van der Waals surface area contributed by atoms with Gasteiger partial charge in [-0.15, -0.1) is 0 Å². The summed E-state index contributed by atoms with van der Waals surface area (Å²) in [6.07, 6.45) is 4.50. The minimum atomic E-state index is -0.570. The number of anilines is 2. The largest absolute Gasteiger partial charge is 0.419 e. The van der Waals surface area contributed by atoms with Crippen LogP contribution in [0, 0.1) is 0 Å². The third-order valence-electron chi connectivity index (χ3n) is 7.17. The molecule has 0 bridgehead atoms. The monoisotopic (exact) mass is 585 g/mol. The molecular formula is C32H32ClN5O4. The van der Waals surface area contributed by atoms with Gasteiger partial charge in [-0.25, -0.2) is 9.97 Å². The van der Waals surface area contributed by atoms with Crippen molar-refractivity contribution in [1.29, 1.82) is 0 Å². The van der Waals surface area contributed by atoms with Crippen molar-refractivity contribution >= 4 is 51.7 Å². The maximum absolute atomic E-state index is 13.0. The van der Waals surface area contributed by atoms with Crippen molar-refractivity contribution in [3.8, 4) is 5.75 Å². The van der Waals surface area contributed by atoms with Crippen molar-refractivity contribution in [3.63, 3.8) is 0 Å². The Morgan fingerprint density at radius 1 is 0.976 bits per heavy atom. The number of esters is 1. The lowest BCUT2D eigenvalue weighted by molar-refractivity contribution is -0.131. The zero-order valence-electron chi connectivity index (χ0n) is 23.5. The van der Waals surface area contributed by atoms with Crippen molar-refractivity contribution < 1.29 is 19.1 Å². The first-order valence-corrected chi connectivity index (χ1v) is 14.3. The van der Waals surface area contributed by atoms with Gasteiger partial charge in [-0.1, -0.05) is 73.0 Å². The molecule has 1 fully saturated rings. The molecule has 0 spiro atoms. The van der Waals surface area contributed by atoms with E-state index in [-0.39, 0.29) is 41.1 Å². The SMILES string of the molecule is CC(=O)Oc1c(Cl)nc(Cc2ccc(NC(=O)c3cccc4ccccc34)cc2)nc1N(C)CC(=O)NC1CCCC1. The molecule has 216 valence electrons. The molecule has 3 aromatic carbocycles. The third kappa shape index (κ3) is 7.03. The molecule has 0 saturated heterocycles. The van der Waals surface area contributed by atoms with Crippen LogP contribution < -0.4 is 20.3 Å². The number of carbonyl (C=O) groups excluding carboxylic acids is 3. The van der Waals surface area contributed by atoms with E-state index in [1.807, 2.05) is 60.7 Å². The molecule has 0 unspecified atom stereocenters. The van der Waals surface area contributed by atoms with Gasteiger partial charge >= 0.3 is 5.97 Å². The summed E-state index contributed by atoms with van der Waals surface area (Å²) in [7, 11) is 1.69. The molecule has 0 atom stereocenters. The first-order chi connectivity index (χ1) is 20.3. The molecule has 0 aliphatic heterocycles. The quantitative estimate of drug-likeness (QED) is 0.196. The lowest BCUT2D eigenvalue weighted by Gasteiger charge is -2.22. The number of likely N-dealkylation sites (N-methyl/N-ethyl adjacent to an activating group) is 1. The van der Waals surface area contributed by atoms with E-state index in [0.29, 0.717) is 23.5 Å². The molecule has 42 heavy (non-hydrogen) atoms. The first-order valence-electron chi connectivity index (χ1n) is 13.9. The van der Waals surface area contributed by atoms with E-state index in [0.717, 1.165) is 42.0 Å². The Morgan fingerprint density at radius 2 is 1.69 bits per heavy atom. The van der Waals surface area contributed by atoms with Crippen molar-refractivity contribution in [2.45, 2.75) is 45.1 Å². The van der Waals surface area contributed by atoms with Gasteiger partial charge in [0.1, 0.15) is 5.82 Å². The average molecular weight is 586 g/mol. The average Bonchev–Trinajstić information content (AvgIpc) is 3.47. The van der Waals surface area contributed by atoms with E-state index >= 15 is 0 Å². The summed E-state index contributed by atoms with van der Waals surface area (Å²) >= 11 is 6.44. The van der Waals surface area contributed by atoms with E-state index < -0.39 is 5.97 Å². The highest BCUT2D eigenvalue weighted by atomic mass is 35.5. The number of aromatic nitrogens is 2. The Morgan fingerprint density at radius 3 is 2.43 bits per heavy atom. The van der Waals surface area contributed by atoms with Crippen LogP contribution in [0.1, 0.15) is 54.4 Å². The molecule has 1 heterocycles. The molecule has 1 saturated carbocycles. The molecular weight excluding hydrogens is 554 g/mol. The topological polar surface area (TPSA) is 114 Å². The molecule has 10 heteroatoms. The minimum absolute atomic E-state index is 0.00980. The summed E-state index contributed by atoms with van der Waals surface area (Å²) in [5.41, 5.74) is 2.12. The fourth-order valence-corrected chi connectivity index (χ4v) is 5.39. The van der Waals surface area contributed by atoms with Crippen LogP contribution in [0.15, 0.2) is 66.7 Å². The normalized spacial score (nSPS) is 13.1. The number of halogens is 1. The predicted octanol–water partition coefficient (Wildman–Crippen LogP) is 5.55. The van der Waals surface area contributed by atoms with Crippen LogP contribution in [0.5, 0.6) is 5.75 Å². The van der Waals surface area contributed by atoms with E-state index in [4.69, 9.17) is 16.3 Å². The van der Waals surface area contributed by atoms with Gasteiger partial charge in [0, 0.05) is 37.7 Å². The Balaban J connectivity index is 1.30. The summed E-state index contributed by atoms with van der Waals surface area (Å²) in [6.45, 7) is 1.28. The lowest BCUT2D eigenvalue weighted by Crippen LogP contribution is -2.40. The number of nitrogens with one attached hydrogen (secondary N) is 2. The standard InChI is InChI=1S/C32H32ClN5O4/c1-20(39)42-29-30(33)36-27(37-31(29)38(2)19-28(40)34-23-10-4-5-11-23)18-21-14-16-24(17-15-21)35-32(41)26-13-7-9-22-8-3-6-12-25(22)26/h3,6-9,12-17,23H,4-5,10-11,18-19H2,1-2H3,(H,34,40)(H,35,41). The number of hydrogen-bond acceptors (Lipinski definition) is 7.